The predicted octanol–water partition coefficient (Wildman–Crippen LogP) is 0.889. The Morgan fingerprint density at radius 1 is 1.11 bits per heavy atom. The van der Waals surface area contributed by atoms with Gasteiger partial charge in [0, 0.05) is 23.1 Å². The molecule has 3 N–H and O–H groups in total. The van der Waals surface area contributed by atoms with Crippen LogP contribution in [0.1, 0.15) is 38.3 Å². The monoisotopic (exact) mass is 591 g/mol. The lowest BCUT2D eigenvalue weighted by Crippen LogP contribution is -2.36. The Bertz CT molecular complexity index is 1260. The summed E-state index contributed by atoms with van der Waals surface area (Å²) in [6, 6.07) is 6.12. The van der Waals surface area contributed by atoms with Gasteiger partial charge in [-0.15, -0.1) is 0 Å². The van der Waals surface area contributed by atoms with E-state index in [0.29, 0.717) is 18.3 Å². The molecule has 0 radical (unpaired) electrons. The van der Waals surface area contributed by atoms with E-state index in [2.05, 4.69) is 19.1 Å². The molecule has 1 aromatic heterocycles. The maximum Gasteiger partial charge on any atom is 0.351 e. The third-order valence-electron chi connectivity index (χ3n) is 6.49. The second kappa shape index (κ2) is 12.3. The summed E-state index contributed by atoms with van der Waals surface area (Å²) in [6.45, 7) is -0.206. The Labute approximate surface area is 223 Å². The minimum Gasteiger partial charge on any atom is -0.775 e. The highest BCUT2D eigenvalue weighted by Gasteiger charge is 2.44. The van der Waals surface area contributed by atoms with Crippen LogP contribution in [0.3, 0.4) is 0 Å². The normalized spacial score (nSPS) is 27.5. The molecule has 0 spiro atoms. The number of hydrogen-bond donors (Lipinski definition) is 3. The van der Waals surface area contributed by atoms with Crippen molar-refractivity contribution in [3.05, 3.63) is 52.0 Å². The summed E-state index contributed by atoms with van der Waals surface area (Å²) < 4.78 is 39.7. The lowest BCUT2D eigenvalue weighted by molar-refractivity contribution is -0.232. The van der Waals surface area contributed by atoms with Crippen LogP contribution < -0.4 is 26.1 Å². The number of nitrogens with one attached hydrogen (secondary N) is 1. The highest BCUT2D eigenvalue weighted by Crippen LogP contribution is 2.54. The standard InChI is InChI=1S/C22H30ClN3O10P2/c23-15-6-8-16(9-7-15)37(30,31)36-38(32,33)34-13-17-19(27)20(28)21(35-17)26-11-10-18(25-22(26)29)24-12-14-4-2-1-3-5-14/h6-11,14,17,19-21,27-28H,1-5,12-13H2,(H,30,31)(H,32,33)(H,24,25,29)/p-2/t17-,19?,20+,21-/m1/s1. The van der Waals surface area contributed by atoms with Crippen molar-refractivity contribution in [2.24, 2.45) is 5.92 Å². The molecule has 210 valence electrons. The lowest BCUT2D eigenvalue weighted by Gasteiger charge is -2.32. The molecule has 1 aliphatic carbocycles. The van der Waals surface area contributed by atoms with Gasteiger partial charge in [-0.2, -0.15) is 4.98 Å². The molecule has 13 nitrogen and oxygen atoms in total. The van der Waals surface area contributed by atoms with Gasteiger partial charge in [-0.3, -0.25) is 13.4 Å². The number of phosphoric ester groups is 1. The number of aromatic nitrogens is 2. The number of phosphoric acid groups is 1. The average molecular weight is 592 g/mol. The fourth-order valence-electron chi connectivity index (χ4n) is 4.43. The minimum atomic E-state index is -5.44. The second-order valence-corrected chi connectivity index (χ2v) is 13.0. The van der Waals surface area contributed by atoms with E-state index in [-0.39, 0.29) is 5.02 Å². The van der Waals surface area contributed by atoms with Gasteiger partial charge in [0.05, 0.1) is 6.61 Å². The van der Waals surface area contributed by atoms with Gasteiger partial charge in [0.2, 0.25) is 0 Å². The van der Waals surface area contributed by atoms with Gasteiger partial charge in [0.15, 0.2) is 13.8 Å². The summed E-state index contributed by atoms with van der Waals surface area (Å²) >= 11 is 5.70. The van der Waals surface area contributed by atoms with Gasteiger partial charge in [0.25, 0.3) is 7.82 Å². The molecule has 1 saturated heterocycles. The average Bonchev–Trinajstić information content (AvgIpc) is 3.15. The molecule has 2 aliphatic rings. The number of nitrogens with zero attached hydrogens (tertiary/aromatic N) is 2. The predicted molar refractivity (Wildman–Crippen MR) is 133 cm³/mol. The van der Waals surface area contributed by atoms with E-state index in [1.807, 2.05) is 0 Å². The number of halogens is 1. The van der Waals surface area contributed by atoms with Crippen LogP contribution in [0.15, 0.2) is 41.3 Å². The largest absolute Gasteiger partial charge is 0.775 e. The number of ether oxygens (including phenoxy) is 1. The van der Waals surface area contributed by atoms with Crippen molar-refractivity contribution in [3.8, 4) is 0 Å². The SMILES string of the molecule is O=c1nc(NCC2CCCCC2)ccn1[C@@H]1O[C@H](COP(=O)([O-])OP(=O)([O-])c2ccc(Cl)cc2)C(O)[C@@H]1O. The van der Waals surface area contributed by atoms with Gasteiger partial charge in [-0.1, -0.05) is 30.9 Å². The Hall–Kier alpha value is -1.63. The van der Waals surface area contributed by atoms with Crippen molar-refractivity contribution in [1.29, 1.82) is 0 Å². The second-order valence-electron chi connectivity index (χ2n) is 9.23. The van der Waals surface area contributed by atoms with E-state index in [4.69, 9.17) is 16.3 Å². The Kier molecular flexibility index (Phi) is 9.47. The molecule has 0 bridgehead atoms. The summed E-state index contributed by atoms with van der Waals surface area (Å²) in [4.78, 5) is 40.9. The molecule has 2 heterocycles. The van der Waals surface area contributed by atoms with Crippen molar-refractivity contribution < 1.29 is 42.7 Å². The van der Waals surface area contributed by atoms with Crippen molar-refractivity contribution in [2.75, 3.05) is 18.5 Å². The first-order valence-corrected chi connectivity index (χ1v) is 15.4. The number of anilines is 1. The quantitative estimate of drug-likeness (QED) is 0.331. The van der Waals surface area contributed by atoms with Crippen molar-refractivity contribution in [3.63, 3.8) is 0 Å². The third kappa shape index (κ3) is 7.31. The molecular formula is C22H28ClN3O10P2-2. The van der Waals surface area contributed by atoms with E-state index in [1.165, 1.54) is 43.7 Å². The van der Waals surface area contributed by atoms with Crippen LogP contribution in [-0.4, -0.2) is 51.2 Å². The van der Waals surface area contributed by atoms with E-state index >= 15 is 0 Å². The Morgan fingerprint density at radius 2 is 1.79 bits per heavy atom. The van der Waals surface area contributed by atoms with Crippen LogP contribution in [0.5, 0.6) is 0 Å². The lowest BCUT2D eigenvalue weighted by atomic mass is 9.89. The fraction of sp³-hybridized carbons (Fsp3) is 0.545. The summed E-state index contributed by atoms with van der Waals surface area (Å²) in [5, 5.41) is 23.7. The van der Waals surface area contributed by atoms with E-state index < -0.39 is 57.6 Å². The molecule has 16 heteroatoms. The maximum absolute atomic E-state index is 12.6. The number of hydrogen-bond acceptors (Lipinski definition) is 12. The van der Waals surface area contributed by atoms with Crippen LogP contribution in [0.25, 0.3) is 0 Å². The van der Waals surface area contributed by atoms with Gasteiger partial charge >= 0.3 is 5.69 Å². The van der Waals surface area contributed by atoms with Crippen LogP contribution in [0, 0.1) is 5.92 Å². The summed E-state index contributed by atoms with van der Waals surface area (Å²) in [5.41, 5.74) is -0.760. The van der Waals surface area contributed by atoms with Crippen molar-refractivity contribution >= 4 is 38.1 Å². The molecule has 3 unspecified atom stereocenters. The molecule has 1 aliphatic heterocycles. The summed E-state index contributed by atoms with van der Waals surface area (Å²) in [5.74, 6) is 0.864. The molecule has 0 amide bonds. The molecule has 2 fully saturated rings. The first kappa shape index (κ1) is 29.4. The van der Waals surface area contributed by atoms with E-state index in [9.17, 15) is 33.9 Å². The van der Waals surface area contributed by atoms with Crippen molar-refractivity contribution in [2.45, 2.75) is 56.6 Å². The molecule has 1 aromatic carbocycles. The zero-order chi connectivity index (χ0) is 27.5. The Morgan fingerprint density at radius 3 is 2.45 bits per heavy atom. The van der Waals surface area contributed by atoms with Crippen LogP contribution in [-0.2, 0) is 22.7 Å². The minimum absolute atomic E-state index is 0.232. The van der Waals surface area contributed by atoms with Gasteiger partial charge in [-0.25, -0.2) is 4.79 Å². The molecule has 2 aromatic rings. The number of benzene rings is 1. The summed E-state index contributed by atoms with van der Waals surface area (Å²) in [7, 11) is -10.5. The molecule has 1 saturated carbocycles. The highest BCUT2D eigenvalue weighted by molar-refractivity contribution is 7.67. The first-order chi connectivity index (χ1) is 17.9. The van der Waals surface area contributed by atoms with Crippen LogP contribution in [0.4, 0.5) is 5.82 Å². The number of aliphatic hydroxyl groups is 2. The first-order valence-electron chi connectivity index (χ1n) is 12.0. The zero-order valence-electron chi connectivity index (χ0n) is 20.1. The van der Waals surface area contributed by atoms with Gasteiger partial charge < -0.3 is 39.1 Å². The third-order valence-corrected chi connectivity index (χ3v) is 9.79. The molecule has 38 heavy (non-hydrogen) atoms. The smallest absolute Gasteiger partial charge is 0.351 e. The highest BCUT2D eigenvalue weighted by atomic mass is 35.5. The number of aliphatic hydroxyl groups excluding tert-OH is 2. The fourth-order valence-corrected chi connectivity index (χ4v) is 7.02. The topological polar surface area (TPSA) is 195 Å². The van der Waals surface area contributed by atoms with Crippen LogP contribution >= 0.6 is 27.0 Å². The summed E-state index contributed by atoms with van der Waals surface area (Å²) in [6.07, 6.45) is 1.04. The molecule has 6 atom stereocenters. The van der Waals surface area contributed by atoms with Crippen LogP contribution in [0.2, 0.25) is 5.02 Å². The van der Waals surface area contributed by atoms with Gasteiger partial charge in [0.1, 0.15) is 24.1 Å². The molecular weight excluding hydrogens is 564 g/mol. The van der Waals surface area contributed by atoms with E-state index in [0.717, 1.165) is 29.5 Å². The Balaban J connectivity index is 1.35. The van der Waals surface area contributed by atoms with Gasteiger partial charge in [-0.05, 0) is 49.1 Å². The van der Waals surface area contributed by atoms with Crippen molar-refractivity contribution in [1.82, 2.24) is 9.55 Å². The number of rotatable bonds is 10. The molecule has 4 rings (SSSR count). The van der Waals surface area contributed by atoms with E-state index in [1.54, 1.807) is 0 Å². The maximum atomic E-state index is 12.6. The zero-order valence-corrected chi connectivity index (χ0v) is 22.7.